The Morgan fingerprint density at radius 2 is 1.88 bits per heavy atom. The zero-order valence-electron chi connectivity index (χ0n) is 18.1. The molecule has 4 rings (SSSR count). The van der Waals surface area contributed by atoms with Crippen molar-refractivity contribution in [1.29, 1.82) is 0 Å². The van der Waals surface area contributed by atoms with Crippen LogP contribution in [0.1, 0.15) is 19.3 Å². The van der Waals surface area contributed by atoms with Crippen LogP contribution in [0.15, 0.2) is 57.9 Å². The van der Waals surface area contributed by atoms with E-state index in [1.807, 2.05) is 16.1 Å². The Morgan fingerprint density at radius 1 is 1.15 bits per heavy atom. The second-order valence-electron chi connectivity index (χ2n) is 8.07. The van der Waals surface area contributed by atoms with E-state index < -0.39 is 9.84 Å². The van der Waals surface area contributed by atoms with Gasteiger partial charge in [-0.1, -0.05) is 23.7 Å². The van der Waals surface area contributed by atoms with Crippen molar-refractivity contribution in [3.63, 3.8) is 0 Å². The number of amides is 1. The molecule has 0 radical (unpaired) electrons. The Kier molecular flexibility index (Phi) is 7.53. The van der Waals surface area contributed by atoms with Gasteiger partial charge in [0.15, 0.2) is 14.6 Å². The van der Waals surface area contributed by atoms with Gasteiger partial charge in [0, 0.05) is 42.7 Å². The number of sulfone groups is 1. The van der Waals surface area contributed by atoms with E-state index in [9.17, 15) is 13.2 Å². The molecule has 1 aliphatic heterocycles. The van der Waals surface area contributed by atoms with E-state index in [-0.39, 0.29) is 35.6 Å². The topological polar surface area (TPSA) is 92.0 Å². The highest BCUT2D eigenvalue weighted by molar-refractivity contribution is 7.91. The van der Waals surface area contributed by atoms with E-state index in [4.69, 9.17) is 21.7 Å². The van der Waals surface area contributed by atoms with E-state index in [0.717, 1.165) is 28.4 Å². The number of halogens is 1. The molecule has 33 heavy (non-hydrogen) atoms. The lowest BCUT2D eigenvalue weighted by atomic mass is 10.1. The van der Waals surface area contributed by atoms with Gasteiger partial charge < -0.3 is 14.6 Å². The number of nitrogens with zero attached hydrogens (tertiary/aromatic N) is 3. The van der Waals surface area contributed by atoms with Gasteiger partial charge in [-0.3, -0.25) is 9.79 Å². The molecule has 2 aromatic carbocycles. The molecule has 0 bridgehead atoms. The predicted molar refractivity (Wildman–Crippen MR) is 130 cm³/mol. The summed E-state index contributed by atoms with van der Waals surface area (Å²) in [5.74, 6) is -0.359. The second-order valence-corrected chi connectivity index (χ2v) is 11.5. The molecule has 1 aromatic heterocycles. The molecule has 1 saturated heterocycles. The highest BCUT2D eigenvalue weighted by Gasteiger charge is 2.24. The van der Waals surface area contributed by atoms with Crippen LogP contribution in [0.4, 0.5) is 0 Å². The summed E-state index contributed by atoms with van der Waals surface area (Å²) >= 11 is 7.53. The van der Waals surface area contributed by atoms with Crippen molar-refractivity contribution in [2.24, 2.45) is 4.99 Å². The van der Waals surface area contributed by atoms with Crippen molar-refractivity contribution in [1.82, 2.24) is 9.47 Å². The summed E-state index contributed by atoms with van der Waals surface area (Å²) in [6.45, 7) is 1.71. The van der Waals surface area contributed by atoms with Crippen LogP contribution < -0.4 is 4.80 Å². The number of likely N-dealkylation sites (tertiary alicyclic amines) is 1. The molecule has 1 fully saturated rings. The maximum absolute atomic E-state index is 12.8. The third kappa shape index (κ3) is 5.84. The largest absolute Gasteiger partial charge is 0.395 e. The Hall–Kier alpha value is -2.20. The highest BCUT2D eigenvalue weighted by atomic mass is 35.5. The van der Waals surface area contributed by atoms with E-state index in [1.54, 1.807) is 41.3 Å². The van der Waals surface area contributed by atoms with Crippen LogP contribution in [0.5, 0.6) is 0 Å². The first-order chi connectivity index (χ1) is 15.9. The van der Waals surface area contributed by atoms with Crippen LogP contribution in [0.3, 0.4) is 0 Å². The normalized spacial score (nSPS) is 15.9. The van der Waals surface area contributed by atoms with E-state index in [2.05, 4.69) is 0 Å². The SMILES string of the molecule is O=C(CCS(=O)(=O)c1ccc2cc(Cl)ccc2c1)N1CCC(/N=c2/sccn2CCO)CC1. The third-order valence-electron chi connectivity index (χ3n) is 5.83. The number of fused-ring (bicyclic) bond motifs is 1. The first-order valence-electron chi connectivity index (χ1n) is 10.8. The number of rotatable bonds is 7. The summed E-state index contributed by atoms with van der Waals surface area (Å²) < 4.78 is 27.6. The maximum atomic E-state index is 12.8. The van der Waals surface area contributed by atoms with E-state index in [0.29, 0.717) is 24.7 Å². The van der Waals surface area contributed by atoms with Gasteiger partial charge >= 0.3 is 0 Å². The molecule has 0 spiro atoms. The highest BCUT2D eigenvalue weighted by Crippen LogP contribution is 2.24. The van der Waals surface area contributed by atoms with Gasteiger partial charge in [-0.15, -0.1) is 11.3 Å². The molecule has 0 atom stereocenters. The Morgan fingerprint density at radius 3 is 2.64 bits per heavy atom. The number of benzene rings is 2. The van der Waals surface area contributed by atoms with Crippen molar-refractivity contribution in [2.45, 2.75) is 36.7 Å². The van der Waals surface area contributed by atoms with Crippen LogP contribution in [-0.4, -0.2) is 60.4 Å². The van der Waals surface area contributed by atoms with Crippen LogP contribution in [0, 0.1) is 0 Å². The lowest BCUT2D eigenvalue weighted by Crippen LogP contribution is -2.40. The van der Waals surface area contributed by atoms with Gasteiger partial charge in [0.25, 0.3) is 0 Å². The number of hydrogen-bond donors (Lipinski definition) is 1. The van der Waals surface area contributed by atoms with Gasteiger partial charge in [0.1, 0.15) is 0 Å². The molecule has 3 aromatic rings. The van der Waals surface area contributed by atoms with Crippen molar-refractivity contribution in [2.75, 3.05) is 25.4 Å². The summed E-state index contributed by atoms with van der Waals surface area (Å²) in [5.41, 5.74) is 0. The van der Waals surface area contributed by atoms with Gasteiger partial charge in [-0.05, 0) is 47.9 Å². The van der Waals surface area contributed by atoms with Crippen LogP contribution in [-0.2, 0) is 21.2 Å². The quantitative estimate of drug-likeness (QED) is 0.532. The average Bonchev–Trinajstić information content (AvgIpc) is 3.24. The Bertz CT molecular complexity index is 1310. The molecule has 176 valence electrons. The van der Waals surface area contributed by atoms with Crippen molar-refractivity contribution >= 4 is 49.5 Å². The van der Waals surface area contributed by atoms with E-state index in [1.165, 1.54) is 11.3 Å². The third-order valence-corrected chi connectivity index (χ3v) is 8.59. The Labute approximate surface area is 201 Å². The van der Waals surface area contributed by atoms with Gasteiger partial charge in [0.2, 0.25) is 5.91 Å². The number of aliphatic hydroxyl groups excluding tert-OH is 1. The lowest BCUT2D eigenvalue weighted by Gasteiger charge is -2.30. The molecule has 0 unspecified atom stereocenters. The van der Waals surface area contributed by atoms with Crippen LogP contribution in [0.2, 0.25) is 5.02 Å². The smallest absolute Gasteiger partial charge is 0.223 e. The van der Waals surface area contributed by atoms with Crippen LogP contribution in [0.25, 0.3) is 10.8 Å². The van der Waals surface area contributed by atoms with E-state index >= 15 is 0 Å². The minimum atomic E-state index is -3.57. The molecule has 7 nitrogen and oxygen atoms in total. The molecular formula is C23H26ClN3O4S2. The summed E-state index contributed by atoms with van der Waals surface area (Å²) in [5, 5.41) is 13.4. The molecule has 0 aliphatic carbocycles. The lowest BCUT2D eigenvalue weighted by molar-refractivity contribution is -0.131. The summed E-state index contributed by atoms with van der Waals surface area (Å²) in [6.07, 6.45) is 3.35. The number of aliphatic hydroxyl groups is 1. The fourth-order valence-electron chi connectivity index (χ4n) is 3.97. The fraction of sp³-hybridized carbons (Fsp3) is 0.391. The molecular weight excluding hydrogens is 482 g/mol. The molecule has 1 amide bonds. The number of carbonyl (C=O) groups excluding carboxylic acids is 1. The molecule has 0 saturated carbocycles. The first-order valence-corrected chi connectivity index (χ1v) is 13.8. The fourth-order valence-corrected chi connectivity index (χ4v) is 6.23. The summed E-state index contributed by atoms with van der Waals surface area (Å²) in [4.78, 5) is 20.3. The summed E-state index contributed by atoms with van der Waals surface area (Å²) in [7, 11) is -3.57. The summed E-state index contributed by atoms with van der Waals surface area (Å²) in [6, 6.07) is 10.4. The van der Waals surface area contributed by atoms with Crippen molar-refractivity contribution in [3.05, 3.63) is 57.8 Å². The predicted octanol–water partition coefficient (Wildman–Crippen LogP) is 3.10. The molecule has 1 aliphatic rings. The first kappa shape index (κ1) is 23.9. The zero-order chi connectivity index (χ0) is 23.4. The van der Waals surface area contributed by atoms with Gasteiger partial charge in [-0.2, -0.15) is 0 Å². The monoisotopic (exact) mass is 507 g/mol. The van der Waals surface area contributed by atoms with Gasteiger partial charge in [-0.25, -0.2) is 8.42 Å². The number of aromatic nitrogens is 1. The molecule has 1 N–H and O–H groups in total. The number of hydrogen-bond acceptors (Lipinski definition) is 6. The number of piperidine rings is 1. The zero-order valence-corrected chi connectivity index (χ0v) is 20.4. The average molecular weight is 508 g/mol. The number of carbonyl (C=O) groups is 1. The van der Waals surface area contributed by atoms with Crippen LogP contribution >= 0.6 is 22.9 Å². The maximum Gasteiger partial charge on any atom is 0.223 e. The minimum absolute atomic E-state index is 0.0375. The molecule has 2 heterocycles. The van der Waals surface area contributed by atoms with Gasteiger partial charge in [0.05, 0.1) is 23.3 Å². The number of thiazole rings is 1. The van der Waals surface area contributed by atoms with Crippen molar-refractivity contribution in [3.8, 4) is 0 Å². The second kappa shape index (κ2) is 10.4. The molecule has 10 heteroatoms. The standard InChI is InChI=1S/C23H26ClN3O4S2/c24-19-3-1-18-16-21(4-2-17(18)15-19)33(30,31)14-7-22(29)26-8-5-20(6-9-26)25-23-27(10-12-28)11-13-32-23/h1-4,11,13,15-16,20,28H,5-10,12,14H2/b25-23+. The Balaban J connectivity index is 1.33. The minimum Gasteiger partial charge on any atom is -0.395 e. The van der Waals surface area contributed by atoms with Crippen molar-refractivity contribution < 1.29 is 18.3 Å².